The van der Waals surface area contributed by atoms with Crippen molar-refractivity contribution in [3.05, 3.63) is 50.8 Å². The molecule has 0 atom stereocenters. The first-order valence-corrected chi connectivity index (χ1v) is 9.53. The molecule has 0 amide bonds. The predicted octanol–water partition coefficient (Wildman–Crippen LogP) is 3.14. The first-order valence-electron chi connectivity index (χ1n) is 9.16. The lowest BCUT2D eigenvalue weighted by molar-refractivity contribution is 0.0694. The van der Waals surface area contributed by atoms with E-state index in [-0.39, 0.29) is 5.56 Å². The van der Waals surface area contributed by atoms with E-state index in [0.717, 1.165) is 24.0 Å². The minimum absolute atomic E-state index is 0.252. The Morgan fingerprint density at radius 3 is 2.75 bits per heavy atom. The fraction of sp³-hybridized carbons (Fsp3) is 0.400. The zero-order chi connectivity index (χ0) is 20.3. The van der Waals surface area contributed by atoms with E-state index in [1.807, 2.05) is 18.0 Å². The molecule has 28 heavy (non-hydrogen) atoms. The van der Waals surface area contributed by atoms with Crippen molar-refractivity contribution in [3.8, 4) is 17.0 Å². The van der Waals surface area contributed by atoms with Gasteiger partial charge in [0.15, 0.2) is 5.43 Å². The monoisotopic (exact) mass is 406 g/mol. The zero-order valence-electron chi connectivity index (χ0n) is 15.9. The van der Waals surface area contributed by atoms with Gasteiger partial charge in [-0.2, -0.15) is 0 Å². The number of halogens is 1. The van der Waals surface area contributed by atoms with Crippen molar-refractivity contribution in [3.63, 3.8) is 0 Å². The van der Waals surface area contributed by atoms with E-state index in [0.29, 0.717) is 42.8 Å². The molecule has 0 spiro atoms. The molecular formula is C20H23ClN2O5. The van der Waals surface area contributed by atoms with Gasteiger partial charge in [0.1, 0.15) is 11.3 Å². The number of carboxylic acid groups (broad SMARTS) is 1. The molecule has 1 aromatic heterocycles. The number of hydrogen-bond acceptors (Lipinski definition) is 5. The Balaban J connectivity index is 2.04. The number of fused-ring (bicyclic) bond motifs is 3. The van der Waals surface area contributed by atoms with Crippen molar-refractivity contribution in [1.82, 2.24) is 4.68 Å². The molecule has 7 nitrogen and oxygen atoms in total. The minimum Gasteiger partial charge on any atom is -0.492 e. The van der Waals surface area contributed by atoms with Crippen LogP contribution in [0.1, 0.15) is 35.7 Å². The van der Waals surface area contributed by atoms with Crippen LogP contribution in [0.25, 0.3) is 11.3 Å². The Labute approximate surface area is 168 Å². The molecule has 1 N–H and O–H groups in total. The van der Waals surface area contributed by atoms with Gasteiger partial charge in [-0.05, 0) is 24.1 Å². The van der Waals surface area contributed by atoms with Gasteiger partial charge in [-0.1, -0.05) is 18.5 Å². The molecule has 0 fully saturated rings. The summed E-state index contributed by atoms with van der Waals surface area (Å²) in [6, 6.07) is 5.03. The summed E-state index contributed by atoms with van der Waals surface area (Å²) >= 11 is 6.41. The number of rotatable bonds is 8. The highest BCUT2D eigenvalue weighted by molar-refractivity contribution is 6.32. The molecule has 0 bridgehead atoms. The first-order chi connectivity index (χ1) is 13.5. The topological polar surface area (TPSA) is 81.0 Å². The maximum absolute atomic E-state index is 12.3. The first kappa shape index (κ1) is 20.2. The maximum atomic E-state index is 12.3. The summed E-state index contributed by atoms with van der Waals surface area (Å²) in [6.07, 6.45) is 3.01. The molecule has 1 aliphatic heterocycles. The zero-order valence-corrected chi connectivity index (χ0v) is 16.7. The van der Waals surface area contributed by atoms with Crippen molar-refractivity contribution >= 4 is 17.6 Å². The molecule has 3 rings (SSSR count). The summed E-state index contributed by atoms with van der Waals surface area (Å²) in [5, 5.41) is 11.8. The van der Waals surface area contributed by atoms with E-state index in [9.17, 15) is 14.7 Å². The number of methoxy groups -OCH3 is 1. The number of benzene rings is 1. The van der Waals surface area contributed by atoms with Crippen molar-refractivity contribution in [1.29, 1.82) is 0 Å². The Kier molecular flexibility index (Phi) is 6.26. The van der Waals surface area contributed by atoms with Gasteiger partial charge in [-0.3, -0.25) is 9.47 Å². The summed E-state index contributed by atoms with van der Waals surface area (Å²) < 4.78 is 12.6. The van der Waals surface area contributed by atoms with Crippen molar-refractivity contribution < 1.29 is 19.4 Å². The van der Waals surface area contributed by atoms with E-state index in [1.165, 1.54) is 12.3 Å². The van der Waals surface area contributed by atoms with Gasteiger partial charge >= 0.3 is 5.97 Å². The summed E-state index contributed by atoms with van der Waals surface area (Å²) in [4.78, 5) is 23.7. The lowest BCUT2D eigenvalue weighted by Gasteiger charge is -2.35. The lowest BCUT2D eigenvalue weighted by Crippen LogP contribution is -2.40. The number of hydrogen-bond donors (Lipinski definition) is 1. The summed E-state index contributed by atoms with van der Waals surface area (Å²) in [6.45, 7) is 4.41. The van der Waals surface area contributed by atoms with Gasteiger partial charge in [-0.15, -0.1) is 0 Å². The SMILES string of the molecule is CCCN1Cc2cc(OCCCOC)c(Cl)cc2-c2cc(=O)c(C(=O)O)cn21. The highest BCUT2D eigenvalue weighted by atomic mass is 35.5. The Hall–Kier alpha value is -2.51. The van der Waals surface area contributed by atoms with Crippen LogP contribution in [0.15, 0.2) is 29.2 Å². The summed E-state index contributed by atoms with van der Waals surface area (Å²) in [5.41, 5.74) is 1.62. The molecule has 0 radical (unpaired) electrons. The second-order valence-corrected chi connectivity index (χ2v) is 7.02. The van der Waals surface area contributed by atoms with Crippen LogP contribution in [-0.4, -0.2) is 42.6 Å². The van der Waals surface area contributed by atoms with Crippen LogP contribution in [-0.2, 0) is 11.3 Å². The number of pyridine rings is 1. The largest absolute Gasteiger partial charge is 0.492 e. The molecule has 150 valence electrons. The van der Waals surface area contributed by atoms with Gasteiger partial charge in [0.2, 0.25) is 0 Å². The molecule has 2 heterocycles. The molecule has 0 unspecified atom stereocenters. The number of aromatic nitrogens is 1. The number of aromatic carboxylic acids is 1. The lowest BCUT2D eigenvalue weighted by atomic mass is 10.00. The molecule has 8 heteroatoms. The van der Waals surface area contributed by atoms with Crippen LogP contribution in [0.2, 0.25) is 5.02 Å². The average molecular weight is 407 g/mol. The minimum atomic E-state index is -1.24. The van der Waals surface area contributed by atoms with Crippen LogP contribution in [0.5, 0.6) is 5.75 Å². The summed E-state index contributed by atoms with van der Waals surface area (Å²) in [7, 11) is 1.64. The van der Waals surface area contributed by atoms with Crippen LogP contribution in [0.3, 0.4) is 0 Å². The Morgan fingerprint density at radius 2 is 2.07 bits per heavy atom. The molecule has 0 saturated carbocycles. The second kappa shape index (κ2) is 8.67. The standard InChI is InChI=1S/C20H23ClN2O5/c1-3-5-22-11-13-8-19(28-7-4-6-27-2)16(21)9-14(13)17-10-18(24)15(20(25)26)12-23(17)22/h8-10,12H,3-7,11H2,1-2H3,(H,25,26). The number of carbonyl (C=O) groups is 1. The van der Waals surface area contributed by atoms with E-state index >= 15 is 0 Å². The predicted molar refractivity (Wildman–Crippen MR) is 107 cm³/mol. The van der Waals surface area contributed by atoms with Gasteiger partial charge in [-0.25, -0.2) is 4.79 Å². The van der Waals surface area contributed by atoms with E-state index < -0.39 is 11.4 Å². The van der Waals surface area contributed by atoms with Gasteiger partial charge in [0.25, 0.3) is 0 Å². The average Bonchev–Trinajstić information content (AvgIpc) is 2.66. The smallest absolute Gasteiger partial charge is 0.341 e. The third kappa shape index (κ3) is 4.00. The van der Waals surface area contributed by atoms with E-state index in [2.05, 4.69) is 0 Å². The summed E-state index contributed by atoms with van der Waals surface area (Å²) in [5.74, 6) is -0.647. The Bertz CT molecular complexity index is 941. The van der Waals surface area contributed by atoms with Crippen LogP contribution >= 0.6 is 11.6 Å². The van der Waals surface area contributed by atoms with Gasteiger partial charge in [0, 0.05) is 44.5 Å². The second-order valence-electron chi connectivity index (χ2n) is 6.61. The fourth-order valence-electron chi connectivity index (χ4n) is 3.30. The van der Waals surface area contributed by atoms with E-state index in [1.54, 1.807) is 17.9 Å². The van der Waals surface area contributed by atoms with Crippen LogP contribution < -0.4 is 15.2 Å². The molecule has 0 aliphatic carbocycles. The van der Waals surface area contributed by atoms with Crippen LogP contribution in [0.4, 0.5) is 0 Å². The highest BCUT2D eigenvalue weighted by Crippen LogP contribution is 2.37. The molecular weight excluding hydrogens is 384 g/mol. The van der Waals surface area contributed by atoms with Crippen LogP contribution in [0, 0.1) is 0 Å². The van der Waals surface area contributed by atoms with Crippen molar-refractivity contribution in [2.24, 2.45) is 0 Å². The number of nitrogens with zero attached hydrogens (tertiary/aromatic N) is 2. The van der Waals surface area contributed by atoms with E-state index in [4.69, 9.17) is 21.1 Å². The number of carboxylic acids is 1. The molecule has 1 aliphatic rings. The normalized spacial score (nSPS) is 12.5. The van der Waals surface area contributed by atoms with Gasteiger partial charge < -0.3 is 19.6 Å². The third-order valence-electron chi connectivity index (χ3n) is 4.59. The molecule has 2 aromatic rings. The molecule has 1 aromatic carbocycles. The molecule has 0 saturated heterocycles. The van der Waals surface area contributed by atoms with Crippen molar-refractivity contribution in [2.45, 2.75) is 26.3 Å². The van der Waals surface area contributed by atoms with Gasteiger partial charge in [0.05, 0.1) is 23.9 Å². The Morgan fingerprint density at radius 1 is 1.29 bits per heavy atom. The number of ether oxygens (including phenoxy) is 2. The fourth-order valence-corrected chi connectivity index (χ4v) is 3.52. The third-order valence-corrected chi connectivity index (χ3v) is 4.88. The highest BCUT2D eigenvalue weighted by Gasteiger charge is 2.25. The maximum Gasteiger partial charge on any atom is 0.341 e. The van der Waals surface area contributed by atoms with Crippen molar-refractivity contribution in [2.75, 3.05) is 31.9 Å². The quantitative estimate of drug-likeness (QED) is 0.678.